The van der Waals surface area contributed by atoms with Gasteiger partial charge in [0, 0.05) is 72.3 Å². The van der Waals surface area contributed by atoms with Crippen molar-refractivity contribution in [2.24, 2.45) is 11.5 Å². The lowest BCUT2D eigenvalue weighted by molar-refractivity contribution is -0.138. The number of halogens is 2. The summed E-state index contributed by atoms with van der Waals surface area (Å²) in [6.07, 6.45) is 6.00. The summed E-state index contributed by atoms with van der Waals surface area (Å²) in [7, 11) is 0. The van der Waals surface area contributed by atoms with E-state index in [1.807, 2.05) is 38.1 Å². The number of rotatable bonds is 19. The van der Waals surface area contributed by atoms with Gasteiger partial charge in [0.25, 0.3) is 0 Å². The van der Waals surface area contributed by atoms with E-state index >= 15 is 0 Å². The van der Waals surface area contributed by atoms with E-state index in [4.69, 9.17) is 74.0 Å². The number of benzene rings is 4. The van der Waals surface area contributed by atoms with Crippen molar-refractivity contribution in [2.75, 3.05) is 13.2 Å². The van der Waals surface area contributed by atoms with Gasteiger partial charge >= 0.3 is 11.9 Å². The number of carboxylic acid groups (broad SMARTS) is 2. The van der Waals surface area contributed by atoms with Crippen molar-refractivity contribution in [1.29, 1.82) is 10.5 Å². The summed E-state index contributed by atoms with van der Waals surface area (Å²) >= 11 is 13.3. The number of carboxylic acids is 2. The first-order chi connectivity index (χ1) is 33.7. The topological polar surface area (TPSA) is 277 Å². The standard InChI is InChI=1S/C44H38Cl2N6O4.2C3H6O3.C2H6/c1-27-33(25-55-43-13-41(35(17-49)11-39(43)45)53-23-31-9-29(15-47)19-51-21-31)5-3-7-37(27)38-8-4-6-34(28(38)2)26-56-44-14-42(36(18-50)12-40(44)46)54-24-32-10-30(16-48)20-52-22-32;2*4-2-1-3(5)6;1-2/h3-14,19-22H,17-18,23-26,49-50H2,1-2H3;2*4H,1-2H2,(H,5,6);1-2H3. The number of pyridine rings is 2. The summed E-state index contributed by atoms with van der Waals surface area (Å²) in [6, 6.07) is 26.9. The molecule has 0 bridgehead atoms. The van der Waals surface area contributed by atoms with Gasteiger partial charge in [0.1, 0.15) is 61.6 Å². The molecule has 8 N–H and O–H groups in total. The number of nitriles is 2. The van der Waals surface area contributed by atoms with Gasteiger partial charge in [-0.25, -0.2) is 0 Å². The van der Waals surface area contributed by atoms with Gasteiger partial charge in [-0.2, -0.15) is 10.5 Å². The number of aromatic nitrogens is 2. The highest BCUT2D eigenvalue weighted by Gasteiger charge is 2.16. The minimum absolute atomic E-state index is 0.153. The number of nitrogens with two attached hydrogens (primary N) is 2. The minimum atomic E-state index is -0.961. The van der Waals surface area contributed by atoms with Crippen molar-refractivity contribution in [2.45, 2.75) is 80.1 Å². The van der Waals surface area contributed by atoms with Crippen LogP contribution in [0.25, 0.3) is 11.1 Å². The van der Waals surface area contributed by atoms with Gasteiger partial charge in [0.15, 0.2) is 0 Å². The largest absolute Gasteiger partial charge is 0.488 e. The molecule has 0 spiro atoms. The van der Waals surface area contributed by atoms with Crippen molar-refractivity contribution >= 4 is 35.1 Å². The van der Waals surface area contributed by atoms with Crippen LogP contribution in [0.15, 0.2) is 97.6 Å². The quantitative estimate of drug-likeness (QED) is 0.0441. The van der Waals surface area contributed by atoms with Crippen LogP contribution >= 0.6 is 23.2 Å². The fourth-order valence-electron chi connectivity index (χ4n) is 6.30. The first-order valence-corrected chi connectivity index (χ1v) is 22.6. The van der Waals surface area contributed by atoms with Crippen molar-refractivity contribution < 1.29 is 49.0 Å². The molecule has 0 saturated carbocycles. The van der Waals surface area contributed by atoms with E-state index < -0.39 is 11.9 Å². The summed E-state index contributed by atoms with van der Waals surface area (Å²) in [5.41, 5.74) is 22.1. The maximum Gasteiger partial charge on any atom is 0.305 e. The number of aliphatic hydroxyl groups excluding tert-OH is 2. The zero-order valence-corrected chi connectivity index (χ0v) is 40.8. The number of nitrogens with zero attached hydrogens (tertiary/aromatic N) is 4. The molecular formula is C52H56Cl2N6O10. The first-order valence-electron chi connectivity index (χ1n) is 21.8. The highest BCUT2D eigenvalue weighted by Crippen LogP contribution is 2.37. The average Bonchev–Trinajstić information content (AvgIpc) is 3.36. The summed E-state index contributed by atoms with van der Waals surface area (Å²) in [6.45, 7) is 8.96. The number of hydrogen-bond donors (Lipinski definition) is 6. The molecule has 0 aliphatic heterocycles. The van der Waals surface area contributed by atoms with E-state index in [0.717, 1.165) is 55.6 Å². The summed E-state index contributed by atoms with van der Waals surface area (Å²) in [5.74, 6) is 0.0684. The molecule has 0 atom stereocenters. The number of carbonyl (C=O) groups is 2. The maximum absolute atomic E-state index is 9.44. The zero-order valence-electron chi connectivity index (χ0n) is 39.2. The molecule has 0 unspecified atom stereocenters. The van der Waals surface area contributed by atoms with Crippen molar-refractivity contribution in [1.82, 2.24) is 9.97 Å². The molecule has 0 fully saturated rings. The zero-order chi connectivity index (χ0) is 51.6. The Morgan fingerprint density at radius 1 is 0.571 bits per heavy atom. The van der Waals surface area contributed by atoms with E-state index in [1.54, 1.807) is 48.8 Å². The van der Waals surface area contributed by atoms with Gasteiger partial charge < -0.3 is 50.8 Å². The number of hydrogen-bond acceptors (Lipinski definition) is 14. The Kier molecular flexibility index (Phi) is 24.7. The van der Waals surface area contributed by atoms with Gasteiger partial charge in [-0.15, -0.1) is 0 Å². The van der Waals surface area contributed by atoms with Crippen LogP contribution in [0.5, 0.6) is 23.0 Å². The predicted octanol–water partition coefficient (Wildman–Crippen LogP) is 8.98. The van der Waals surface area contributed by atoms with Gasteiger partial charge in [-0.05, 0) is 71.5 Å². The molecule has 0 radical (unpaired) electrons. The smallest absolute Gasteiger partial charge is 0.305 e. The molecular weight excluding hydrogens is 940 g/mol. The molecule has 18 heteroatoms. The van der Waals surface area contributed by atoms with Gasteiger partial charge in [0.2, 0.25) is 0 Å². The number of ether oxygens (including phenoxy) is 4. The van der Waals surface area contributed by atoms with Gasteiger partial charge in [-0.1, -0.05) is 73.4 Å². The molecule has 2 aromatic heterocycles. The van der Waals surface area contributed by atoms with Crippen LogP contribution in [0.4, 0.5) is 0 Å². The molecule has 0 amide bonds. The van der Waals surface area contributed by atoms with Crippen LogP contribution < -0.4 is 30.4 Å². The molecule has 0 aliphatic rings. The molecule has 4 aromatic carbocycles. The summed E-state index contributed by atoms with van der Waals surface area (Å²) < 4.78 is 24.7. The third-order valence-corrected chi connectivity index (χ3v) is 10.5. The number of aliphatic carboxylic acids is 2. The first kappa shape index (κ1) is 57.0. The lowest BCUT2D eigenvalue weighted by atomic mass is 9.92. The van der Waals surface area contributed by atoms with Crippen LogP contribution in [-0.4, -0.2) is 55.5 Å². The van der Waals surface area contributed by atoms with Crippen LogP contribution in [0.2, 0.25) is 10.0 Å². The Balaban J connectivity index is 0.000000815. The summed E-state index contributed by atoms with van der Waals surface area (Å²) in [5, 5.41) is 50.5. The monoisotopic (exact) mass is 994 g/mol. The van der Waals surface area contributed by atoms with E-state index in [-0.39, 0.29) is 65.6 Å². The average molecular weight is 996 g/mol. The van der Waals surface area contributed by atoms with Gasteiger partial charge in [0.05, 0.1) is 47.2 Å². The Morgan fingerprint density at radius 2 is 0.943 bits per heavy atom. The normalized spacial score (nSPS) is 10.1. The SMILES string of the molecule is CC.Cc1c(COc2cc(OCc3cncc(C#N)c3)c(CN)cc2Cl)cccc1-c1cccc(COc2cc(OCc3cncc(C#N)c3)c(CN)cc2Cl)c1C.O=C(O)CCO.O=C(O)CCO. The Hall–Kier alpha value is -7.28. The predicted molar refractivity (Wildman–Crippen MR) is 265 cm³/mol. The van der Waals surface area contributed by atoms with Crippen LogP contribution in [0.1, 0.15) is 82.3 Å². The molecule has 368 valence electrons. The molecule has 16 nitrogen and oxygen atoms in total. The van der Waals surface area contributed by atoms with Crippen LogP contribution in [-0.2, 0) is 49.1 Å². The number of aliphatic hydroxyl groups is 2. The highest BCUT2D eigenvalue weighted by molar-refractivity contribution is 6.32. The lowest BCUT2D eigenvalue weighted by Gasteiger charge is -2.18. The molecule has 70 heavy (non-hydrogen) atoms. The third-order valence-electron chi connectivity index (χ3n) is 9.91. The van der Waals surface area contributed by atoms with E-state index in [1.165, 1.54) is 12.4 Å². The van der Waals surface area contributed by atoms with Crippen molar-refractivity contribution in [3.05, 3.63) is 163 Å². The van der Waals surface area contributed by atoms with Crippen LogP contribution in [0, 0.1) is 36.5 Å². The van der Waals surface area contributed by atoms with Crippen molar-refractivity contribution in [3.63, 3.8) is 0 Å². The molecule has 6 rings (SSSR count). The Bertz CT molecular complexity index is 2570. The van der Waals surface area contributed by atoms with E-state index in [0.29, 0.717) is 44.2 Å². The molecule has 0 aliphatic carbocycles. The second kappa shape index (κ2) is 30.3. The van der Waals surface area contributed by atoms with Crippen LogP contribution in [0.3, 0.4) is 0 Å². The Labute approximate surface area is 417 Å². The molecule has 2 heterocycles. The van der Waals surface area contributed by atoms with E-state index in [9.17, 15) is 20.1 Å². The van der Waals surface area contributed by atoms with Crippen molar-refractivity contribution in [3.8, 4) is 46.3 Å². The second-order valence-corrected chi connectivity index (χ2v) is 15.5. The maximum atomic E-state index is 9.44. The fraction of sp³-hybridized carbons (Fsp3) is 0.269. The third kappa shape index (κ3) is 17.7. The summed E-state index contributed by atoms with van der Waals surface area (Å²) in [4.78, 5) is 27.1. The van der Waals surface area contributed by atoms with Gasteiger partial charge in [-0.3, -0.25) is 19.6 Å². The minimum Gasteiger partial charge on any atom is -0.488 e. The molecule has 0 saturated heterocycles. The highest BCUT2D eigenvalue weighted by atomic mass is 35.5. The van der Waals surface area contributed by atoms with E-state index in [2.05, 4.69) is 48.1 Å². The fourth-order valence-corrected chi connectivity index (χ4v) is 6.79. The Morgan fingerprint density at radius 3 is 1.26 bits per heavy atom. The molecule has 6 aromatic rings. The second-order valence-electron chi connectivity index (χ2n) is 14.6. The lowest BCUT2D eigenvalue weighted by Crippen LogP contribution is -2.06.